The van der Waals surface area contributed by atoms with E-state index in [0.29, 0.717) is 105 Å². The van der Waals surface area contributed by atoms with E-state index < -0.39 is 4.92 Å². The highest BCUT2D eigenvalue weighted by Crippen LogP contribution is 2.44. The van der Waals surface area contributed by atoms with Crippen LogP contribution in [-0.2, 0) is 33.2 Å². The zero-order valence-corrected chi connectivity index (χ0v) is 28.0. The molecule has 3 aromatic rings. The van der Waals surface area contributed by atoms with Crippen LogP contribution in [-0.4, -0.2) is 122 Å². The normalized spacial score (nSPS) is 12.0. The standard InChI is InChI=1S/C36H46N2O11/c1-37(36(39)49-28-35-33-8-4-2-6-31(33)32-7-3-5-9-34(32)35)14-15-42-16-17-43-18-19-44-20-21-45-22-23-46-24-25-47-26-27-48-30-12-10-29(11-13-30)38(40)41/h2-13,35H,14-28H2,1H3. The zero-order chi connectivity index (χ0) is 34.5. The van der Waals surface area contributed by atoms with E-state index in [0.717, 1.165) is 0 Å². The number of hydrogen-bond acceptors (Lipinski definition) is 11. The molecule has 0 heterocycles. The van der Waals surface area contributed by atoms with E-state index in [2.05, 4.69) is 24.3 Å². The molecule has 4 rings (SSSR count). The SMILES string of the molecule is CN(CCOCCOCCOCCOCCOCCOCCOc1ccc([N+](=O)[O-])cc1)C(=O)OCC1c2ccccc2-c2ccccc21. The summed E-state index contributed by atoms with van der Waals surface area (Å²) in [6.07, 6.45) is -0.372. The molecule has 0 N–H and O–H groups in total. The molecule has 0 atom stereocenters. The molecular formula is C36H46N2O11. The molecule has 1 aliphatic rings. The molecule has 13 heteroatoms. The molecule has 13 nitrogen and oxygen atoms in total. The number of nitro benzene ring substituents is 1. The van der Waals surface area contributed by atoms with Crippen molar-refractivity contribution in [1.29, 1.82) is 0 Å². The van der Waals surface area contributed by atoms with Crippen LogP contribution in [0.2, 0.25) is 0 Å². The fourth-order valence-electron chi connectivity index (χ4n) is 5.08. The number of fused-ring (bicyclic) bond motifs is 3. The van der Waals surface area contributed by atoms with Gasteiger partial charge in [0.1, 0.15) is 19.0 Å². The first-order chi connectivity index (χ1) is 24.0. The van der Waals surface area contributed by atoms with E-state index in [1.54, 1.807) is 19.2 Å². The maximum Gasteiger partial charge on any atom is 0.409 e. The van der Waals surface area contributed by atoms with Crippen molar-refractivity contribution in [2.45, 2.75) is 5.92 Å². The van der Waals surface area contributed by atoms with Crippen LogP contribution in [0, 0.1) is 10.1 Å². The Kier molecular flexibility index (Phi) is 16.8. The molecular weight excluding hydrogens is 636 g/mol. The number of carbonyl (C=O) groups excluding carboxylic acids is 1. The summed E-state index contributed by atoms with van der Waals surface area (Å²) in [6.45, 7) is 6.26. The molecule has 0 aromatic heterocycles. The second-order valence-corrected chi connectivity index (χ2v) is 11.0. The number of non-ortho nitro benzene ring substituents is 1. The molecule has 3 aromatic carbocycles. The Morgan fingerprint density at radius 1 is 0.633 bits per heavy atom. The van der Waals surface area contributed by atoms with Gasteiger partial charge in [-0.25, -0.2) is 4.79 Å². The lowest BCUT2D eigenvalue weighted by molar-refractivity contribution is -0.384. The Hall–Kier alpha value is -4.11. The summed E-state index contributed by atoms with van der Waals surface area (Å²) in [7, 11) is 1.70. The molecule has 266 valence electrons. The van der Waals surface area contributed by atoms with Gasteiger partial charge in [0.15, 0.2) is 0 Å². The van der Waals surface area contributed by atoms with Crippen molar-refractivity contribution < 1.29 is 47.6 Å². The van der Waals surface area contributed by atoms with Gasteiger partial charge in [-0.2, -0.15) is 0 Å². The van der Waals surface area contributed by atoms with E-state index in [9.17, 15) is 14.9 Å². The highest BCUT2D eigenvalue weighted by atomic mass is 16.6. The summed E-state index contributed by atoms with van der Waals surface area (Å²) >= 11 is 0. The Labute approximate surface area is 287 Å². The first-order valence-corrected chi connectivity index (χ1v) is 16.4. The number of hydrogen-bond donors (Lipinski definition) is 0. The van der Waals surface area contributed by atoms with E-state index in [4.69, 9.17) is 37.9 Å². The Balaban J connectivity index is 0.874. The molecule has 0 spiro atoms. The summed E-state index contributed by atoms with van der Waals surface area (Å²) in [6, 6.07) is 22.4. The van der Waals surface area contributed by atoms with Crippen molar-refractivity contribution in [3.8, 4) is 16.9 Å². The second-order valence-electron chi connectivity index (χ2n) is 11.0. The van der Waals surface area contributed by atoms with Crippen LogP contribution >= 0.6 is 0 Å². The van der Waals surface area contributed by atoms with Gasteiger partial charge in [0, 0.05) is 31.6 Å². The number of rotatable bonds is 25. The van der Waals surface area contributed by atoms with Crippen LogP contribution in [0.1, 0.15) is 17.0 Å². The lowest BCUT2D eigenvalue weighted by Gasteiger charge is -2.19. The molecule has 0 fully saturated rings. The highest BCUT2D eigenvalue weighted by Gasteiger charge is 2.29. The lowest BCUT2D eigenvalue weighted by Crippen LogP contribution is -2.32. The maximum atomic E-state index is 12.6. The molecule has 1 amide bonds. The van der Waals surface area contributed by atoms with Crippen molar-refractivity contribution in [2.75, 3.05) is 106 Å². The minimum absolute atomic E-state index is 0.0221. The number of likely N-dealkylation sites (N-methyl/N-ethyl adjacent to an activating group) is 1. The molecule has 0 saturated carbocycles. The number of nitrogens with zero attached hydrogens (tertiary/aromatic N) is 2. The van der Waals surface area contributed by atoms with Gasteiger partial charge in [0.25, 0.3) is 5.69 Å². The van der Waals surface area contributed by atoms with Crippen molar-refractivity contribution >= 4 is 11.8 Å². The average molecular weight is 683 g/mol. The van der Waals surface area contributed by atoms with Crippen LogP contribution in [0.4, 0.5) is 10.5 Å². The molecule has 0 unspecified atom stereocenters. The summed E-state index contributed by atoms with van der Waals surface area (Å²) in [4.78, 5) is 24.3. The quantitative estimate of drug-likeness (QED) is 0.0682. The van der Waals surface area contributed by atoms with Crippen LogP contribution in [0.25, 0.3) is 11.1 Å². The number of ether oxygens (including phenoxy) is 8. The number of nitro groups is 1. The predicted octanol–water partition coefficient (Wildman–Crippen LogP) is 4.95. The zero-order valence-electron chi connectivity index (χ0n) is 28.0. The van der Waals surface area contributed by atoms with Gasteiger partial charge in [0.2, 0.25) is 0 Å². The molecule has 0 radical (unpaired) electrons. The fourth-order valence-corrected chi connectivity index (χ4v) is 5.08. The van der Waals surface area contributed by atoms with Gasteiger partial charge in [-0.05, 0) is 34.4 Å². The highest BCUT2D eigenvalue weighted by molar-refractivity contribution is 5.79. The predicted molar refractivity (Wildman–Crippen MR) is 181 cm³/mol. The number of amides is 1. The summed E-state index contributed by atoms with van der Waals surface area (Å²) in [5.41, 5.74) is 4.80. The van der Waals surface area contributed by atoms with E-state index >= 15 is 0 Å². The Bertz CT molecular complexity index is 1360. The first kappa shape index (κ1) is 37.7. The van der Waals surface area contributed by atoms with Gasteiger partial charge in [-0.1, -0.05) is 48.5 Å². The average Bonchev–Trinajstić information content (AvgIpc) is 3.44. The van der Waals surface area contributed by atoms with Crippen LogP contribution in [0.3, 0.4) is 0 Å². The minimum atomic E-state index is -0.454. The molecule has 0 aliphatic heterocycles. The summed E-state index contributed by atoms with van der Waals surface area (Å²) < 4.78 is 44.1. The molecule has 49 heavy (non-hydrogen) atoms. The van der Waals surface area contributed by atoms with Gasteiger partial charge in [-0.3, -0.25) is 10.1 Å². The van der Waals surface area contributed by atoms with E-state index in [-0.39, 0.29) is 17.7 Å². The lowest BCUT2D eigenvalue weighted by atomic mass is 9.98. The van der Waals surface area contributed by atoms with Crippen molar-refractivity contribution in [1.82, 2.24) is 4.90 Å². The third-order valence-corrected chi connectivity index (χ3v) is 7.62. The first-order valence-electron chi connectivity index (χ1n) is 16.4. The van der Waals surface area contributed by atoms with E-state index in [1.807, 2.05) is 24.3 Å². The van der Waals surface area contributed by atoms with Gasteiger partial charge >= 0.3 is 6.09 Å². The smallest absolute Gasteiger partial charge is 0.409 e. The third kappa shape index (κ3) is 13.0. The molecule has 0 saturated heterocycles. The van der Waals surface area contributed by atoms with E-state index in [1.165, 1.54) is 39.3 Å². The fraction of sp³-hybridized carbons (Fsp3) is 0.472. The van der Waals surface area contributed by atoms with Crippen LogP contribution in [0.15, 0.2) is 72.8 Å². The third-order valence-electron chi connectivity index (χ3n) is 7.62. The maximum absolute atomic E-state index is 12.6. The topological polar surface area (TPSA) is 137 Å². The summed E-state index contributed by atoms with van der Waals surface area (Å²) in [5, 5.41) is 10.7. The number of benzene rings is 3. The van der Waals surface area contributed by atoms with Crippen LogP contribution < -0.4 is 4.74 Å². The minimum Gasteiger partial charge on any atom is -0.491 e. The van der Waals surface area contributed by atoms with Crippen LogP contribution in [0.5, 0.6) is 5.75 Å². The van der Waals surface area contributed by atoms with Gasteiger partial charge in [-0.15, -0.1) is 0 Å². The molecule has 0 bridgehead atoms. The van der Waals surface area contributed by atoms with Crippen molar-refractivity contribution in [2.24, 2.45) is 0 Å². The van der Waals surface area contributed by atoms with Crippen molar-refractivity contribution in [3.05, 3.63) is 94.0 Å². The monoisotopic (exact) mass is 682 g/mol. The largest absolute Gasteiger partial charge is 0.491 e. The van der Waals surface area contributed by atoms with Gasteiger partial charge in [0.05, 0.1) is 84.2 Å². The molecule has 1 aliphatic carbocycles. The summed E-state index contributed by atoms with van der Waals surface area (Å²) in [5.74, 6) is 0.584. The second kappa shape index (κ2) is 21.8. The Morgan fingerprint density at radius 2 is 1.06 bits per heavy atom. The van der Waals surface area contributed by atoms with Crippen molar-refractivity contribution in [3.63, 3.8) is 0 Å². The Morgan fingerprint density at radius 3 is 1.53 bits per heavy atom. The number of carbonyl (C=O) groups is 1. The van der Waals surface area contributed by atoms with Gasteiger partial charge < -0.3 is 42.8 Å².